The van der Waals surface area contributed by atoms with Crippen molar-refractivity contribution in [2.45, 2.75) is 0 Å². The molecule has 2 N–H and O–H groups in total. The minimum Gasteiger partial charge on any atom is -0.497 e. The van der Waals surface area contributed by atoms with Crippen molar-refractivity contribution in [3.63, 3.8) is 0 Å². The van der Waals surface area contributed by atoms with Gasteiger partial charge in [-0.25, -0.2) is 0 Å². The third-order valence-corrected chi connectivity index (χ3v) is 9.12. The van der Waals surface area contributed by atoms with Gasteiger partial charge in [0.2, 0.25) is 11.8 Å². The maximum absolute atomic E-state index is 8.65. The number of anilines is 3. The Morgan fingerprint density at radius 1 is 0.471 bits per heavy atom. The van der Waals surface area contributed by atoms with E-state index in [-0.39, 0.29) is 11.8 Å². The van der Waals surface area contributed by atoms with Crippen LogP contribution in [-0.4, -0.2) is 23.5 Å². The van der Waals surface area contributed by atoms with Crippen LogP contribution in [0.4, 0.5) is 17.1 Å². The van der Waals surface area contributed by atoms with Gasteiger partial charge in [0, 0.05) is 44.6 Å². The van der Waals surface area contributed by atoms with E-state index in [1.807, 2.05) is 91.0 Å². The molecule has 0 bridgehead atoms. The van der Waals surface area contributed by atoms with Crippen LogP contribution in [0.1, 0.15) is 11.1 Å². The number of para-hydroxylation sites is 3. The van der Waals surface area contributed by atoms with Crippen molar-refractivity contribution in [2.75, 3.05) is 12.0 Å². The summed E-state index contributed by atoms with van der Waals surface area (Å²) in [6.07, 6.45) is 0. The highest BCUT2D eigenvalue weighted by Gasteiger charge is 2.16. The molecular formula is C45H34N4O2. The van der Waals surface area contributed by atoms with Gasteiger partial charge in [0.15, 0.2) is 0 Å². The first-order valence-corrected chi connectivity index (χ1v) is 16.7. The summed E-state index contributed by atoms with van der Waals surface area (Å²) < 4.78 is 13.3. The van der Waals surface area contributed by atoms with Gasteiger partial charge in [0.05, 0.1) is 18.1 Å². The highest BCUT2D eigenvalue weighted by atomic mass is 16.5. The number of methoxy groups -OCH3 is 1. The molecule has 0 radical (unpaired) electrons. The molecule has 7 aromatic carbocycles. The Balaban J connectivity index is 1.03. The van der Waals surface area contributed by atoms with E-state index in [1.54, 1.807) is 7.11 Å². The molecule has 0 spiro atoms. The Bertz CT molecular complexity index is 2430. The van der Waals surface area contributed by atoms with Gasteiger partial charge in [-0.2, -0.15) is 0 Å². The molecule has 0 fully saturated rings. The van der Waals surface area contributed by atoms with Gasteiger partial charge in [-0.05, 0) is 108 Å². The number of fused-ring (bicyclic) bond motifs is 3. The molecule has 0 aliphatic rings. The molecular weight excluding hydrogens is 629 g/mol. The van der Waals surface area contributed by atoms with E-state index in [9.17, 15) is 0 Å². The van der Waals surface area contributed by atoms with Crippen LogP contribution < -0.4 is 9.64 Å². The van der Waals surface area contributed by atoms with E-state index in [2.05, 4.69) is 94.4 Å². The summed E-state index contributed by atoms with van der Waals surface area (Å²) in [6.45, 7) is 0. The number of ether oxygens (including phenoxy) is 2. The van der Waals surface area contributed by atoms with Gasteiger partial charge in [-0.3, -0.25) is 10.8 Å². The SMILES string of the molecule is COc1ccc(-c2ccc(C(=N)OC(=N)c3ccc(N(c4ccccc4)c4ccc(-n5c6ccccc6c6ccccc65)cc4)cc3)cc2)cc1. The molecule has 8 aromatic rings. The van der Waals surface area contributed by atoms with Crippen molar-refractivity contribution in [1.29, 1.82) is 10.8 Å². The van der Waals surface area contributed by atoms with Crippen molar-refractivity contribution in [3.05, 3.63) is 187 Å². The van der Waals surface area contributed by atoms with Crippen LogP contribution in [-0.2, 0) is 4.74 Å². The summed E-state index contributed by atoms with van der Waals surface area (Å²) in [5.41, 5.74) is 9.62. The lowest BCUT2D eigenvalue weighted by molar-refractivity contribution is 0.415. The van der Waals surface area contributed by atoms with Gasteiger partial charge in [-0.15, -0.1) is 0 Å². The fourth-order valence-electron chi connectivity index (χ4n) is 6.56. The number of nitrogens with zero attached hydrogens (tertiary/aromatic N) is 2. The second-order valence-corrected chi connectivity index (χ2v) is 12.2. The minimum absolute atomic E-state index is 0.0837. The van der Waals surface area contributed by atoms with E-state index in [0.717, 1.165) is 39.6 Å². The second kappa shape index (κ2) is 13.5. The fraction of sp³-hybridized carbons (Fsp3) is 0.0222. The highest BCUT2D eigenvalue weighted by Crippen LogP contribution is 2.37. The molecule has 0 aliphatic heterocycles. The number of aromatic nitrogens is 1. The molecule has 0 amide bonds. The number of nitrogens with one attached hydrogen (secondary N) is 2. The summed E-state index contributed by atoms with van der Waals surface area (Å²) in [5, 5.41) is 19.7. The van der Waals surface area contributed by atoms with E-state index < -0.39 is 0 Å². The van der Waals surface area contributed by atoms with Crippen LogP contribution in [0, 0.1) is 10.8 Å². The first-order valence-electron chi connectivity index (χ1n) is 16.7. The summed E-state index contributed by atoms with van der Waals surface area (Å²) >= 11 is 0. The molecule has 51 heavy (non-hydrogen) atoms. The second-order valence-electron chi connectivity index (χ2n) is 12.2. The zero-order valence-electron chi connectivity index (χ0n) is 28.0. The smallest absolute Gasteiger partial charge is 0.221 e. The van der Waals surface area contributed by atoms with Gasteiger partial charge in [0.1, 0.15) is 5.75 Å². The van der Waals surface area contributed by atoms with Crippen molar-refractivity contribution in [2.24, 2.45) is 0 Å². The maximum atomic E-state index is 8.65. The molecule has 1 aromatic heterocycles. The standard InChI is InChI=1S/C45H34N4O2/c1-50-39-29-21-32(22-30-39)31-15-17-33(18-16-31)44(46)51-45(47)34-19-23-36(24-20-34)48(35-9-3-2-4-10-35)37-25-27-38(28-26-37)49-42-13-7-5-11-40(42)41-12-6-8-14-43(41)49/h2-30,46-47H,1H3. The maximum Gasteiger partial charge on any atom is 0.221 e. The monoisotopic (exact) mass is 662 g/mol. The van der Waals surface area contributed by atoms with Gasteiger partial charge < -0.3 is 18.9 Å². The molecule has 0 saturated carbocycles. The van der Waals surface area contributed by atoms with E-state index in [0.29, 0.717) is 11.1 Å². The lowest BCUT2D eigenvalue weighted by Gasteiger charge is -2.26. The summed E-state index contributed by atoms with van der Waals surface area (Å²) in [4.78, 5) is 2.19. The quantitative estimate of drug-likeness (QED) is 0.126. The van der Waals surface area contributed by atoms with Gasteiger partial charge >= 0.3 is 0 Å². The Morgan fingerprint density at radius 2 is 0.902 bits per heavy atom. The Kier molecular flexibility index (Phi) is 8.32. The fourth-order valence-corrected chi connectivity index (χ4v) is 6.56. The number of hydrogen-bond donors (Lipinski definition) is 2. The highest BCUT2D eigenvalue weighted by molar-refractivity contribution is 6.09. The van der Waals surface area contributed by atoms with Crippen LogP contribution in [0.2, 0.25) is 0 Å². The molecule has 1 heterocycles. The molecule has 0 unspecified atom stereocenters. The third kappa shape index (κ3) is 6.11. The van der Waals surface area contributed by atoms with E-state index in [1.165, 1.54) is 21.8 Å². The summed E-state index contributed by atoms with van der Waals surface area (Å²) in [7, 11) is 1.65. The Labute approximate surface area is 296 Å². The Hall–Kier alpha value is -6.92. The van der Waals surface area contributed by atoms with Crippen molar-refractivity contribution in [3.8, 4) is 22.6 Å². The predicted molar refractivity (Wildman–Crippen MR) is 209 cm³/mol. The topological polar surface area (TPSA) is 74.3 Å². The largest absolute Gasteiger partial charge is 0.497 e. The summed E-state index contributed by atoms with van der Waals surface area (Å²) in [6, 6.07) is 59.0. The molecule has 6 nitrogen and oxygen atoms in total. The van der Waals surface area contributed by atoms with E-state index in [4.69, 9.17) is 20.3 Å². The number of hydrogen-bond acceptors (Lipinski definition) is 5. The van der Waals surface area contributed by atoms with Gasteiger partial charge in [0.25, 0.3) is 0 Å². The van der Waals surface area contributed by atoms with Crippen LogP contribution in [0.5, 0.6) is 5.75 Å². The summed E-state index contributed by atoms with van der Waals surface area (Å²) in [5.74, 6) is 0.627. The first-order chi connectivity index (χ1) is 25.1. The predicted octanol–water partition coefficient (Wildman–Crippen LogP) is 11.3. The van der Waals surface area contributed by atoms with Gasteiger partial charge in [-0.1, -0.05) is 78.9 Å². The average molecular weight is 663 g/mol. The zero-order valence-corrected chi connectivity index (χ0v) is 28.0. The van der Waals surface area contributed by atoms with Crippen molar-refractivity contribution in [1.82, 2.24) is 4.57 Å². The van der Waals surface area contributed by atoms with Crippen LogP contribution >= 0.6 is 0 Å². The van der Waals surface area contributed by atoms with Crippen LogP contribution in [0.15, 0.2) is 176 Å². The zero-order chi connectivity index (χ0) is 34.7. The molecule has 246 valence electrons. The molecule has 8 rings (SSSR count). The van der Waals surface area contributed by atoms with E-state index >= 15 is 0 Å². The van der Waals surface area contributed by atoms with Crippen LogP contribution in [0.3, 0.4) is 0 Å². The normalized spacial score (nSPS) is 11.0. The molecule has 6 heteroatoms. The molecule has 0 atom stereocenters. The lowest BCUT2D eigenvalue weighted by Crippen LogP contribution is -2.14. The van der Waals surface area contributed by atoms with Crippen molar-refractivity contribution >= 4 is 50.7 Å². The Morgan fingerprint density at radius 3 is 1.43 bits per heavy atom. The molecule has 0 aliphatic carbocycles. The first kappa shape index (κ1) is 31.4. The third-order valence-electron chi connectivity index (χ3n) is 9.12. The van der Waals surface area contributed by atoms with Crippen LogP contribution in [0.25, 0.3) is 38.6 Å². The lowest BCUT2D eigenvalue weighted by atomic mass is 10.0. The average Bonchev–Trinajstić information content (AvgIpc) is 3.53. The minimum atomic E-state index is -0.0902. The molecule has 0 saturated heterocycles. The number of benzene rings is 7. The number of rotatable bonds is 8. The van der Waals surface area contributed by atoms with Crippen molar-refractivity contribution < 1.29 is 9.47 Å².